The molecular formula is C26H18IN3O3. The minimum Gasteiger partial charge on any atom is -0.488 e. The smallest absolute Gasteiger partial charge is 0.282 e. The molecule has 5 aromatic rings. The number of hydrogen-bond acceptors (Lipinski definition) is 5. The van der Waals surface area contributed by atoms with Crippen LogP contribution in [0.1, 0.15) is 5.56 Å². The second-order valence-electron chi connectivity index (χ2n) is 7.25. The van der Waals surface area contributed by atoms with Gasteiger partial charge in [-0.15, -0.1) is 0 Å². The van der Waals surface area contributed by atoms with Crippen molar-refractivity contribution in [2.45, 2.75) is 0 Å². The van der Waals surface area contributed by atoms with Gasteiger partial charge in [-0.3, -0.25) is 4.79 Å². The molecule has 0 bridgehead atoms. The van der Waals surface area contributed by atoms with E-state index in [0.717, 1.165) is 25.9 Å². The third kappa shape index (κ3) is 4.19. The number of halogens is 1. The Bertz CT molecular complexity index is 1550. The third-order valence-corrected chi connectivity index (χ3v) is 5.88. The van der Waals surface area contributed by atoms with Gasteiger partial charge in [0, 0.05) is 5.39 Å². The van der Waals surface area contributed by atoms with Crippen LogP contribution in [-0.4, -0.2) is 22.5 Å². The third-order valence-electron chi connectivity index (χ3n) is 5.03. The summed E-state index contributed by atoms with van der Waals surface area (Å²) in [6, 6.07) is 22.4. The molecule has 0 N–H and O–H groups in total. The van der Waals surface area contributed by atoms with Crippen molar-refractivity contribution in [3.05, 3.63) is 105 Å². The molecule has 3 aromatic carbocycles. The van der Waals surface area contributed by atoms with E-state index in [1.165, 1.54) is 4.68 Å². The van der Waals surface area contributed by atoms with Gasteiger partial charge in [-0.25, -0.2) is 4.98 Å². The first-order chi connectivity index (χ1) is 16.1. The molecule has 162 valence electrons. The minimum absolute atomic E-state index is 0.270. The van der Waals surface area contributed by atoms with Crippen LogP contribution < -0.4 is 10.3 Å². The van der Waals surface area contributed by atoms with E-state index in [1.54, 1.807) is 24.4 Å². The summed E-state index contributed by atoms with van der Waals surface area (Å²) in [5, 5.41) is 5.91. The van der Waals surface area contributed by atoms with Gasteiger partial charge in [-0.05, 0) is 70.6 Å². The van der Waals surface area contributed by atoms with E-state index in [2.05, 4.69) is 34.3 Å². The number of ether oxygens (including phenoxy) is 1. The Kier molecular flexibility index (Phi) is 5.78. The molecule has 0 saturated heterocycles. The lowest BCUT2D eigenvalue weighted by Crippen LogP contribution is -2.20. The lowest BCUT2D eigenvalue weighted by Gasteiger charge is -2.08. The van der Waals surface area contributed by atoms with Crippen LogP contribution in [-0.2, 0) is 0 Å². The summed E-state index contributed by atoms with van der Waals surface area (Å²) in [5.74, 6) is 1.57. The summed E-state index contributed by atoms with van der Waals surface area (Å²) < 4.78 is 13.8. The summed E-state index contributed by atoms with van der Waals surface area (Å²) in [6.07, 6.45) is 3.33. The van der Waals surface area contributed by atoms with E-state index >= 15 is 0 Å². The first-order valence-corrected chi connectivity index (χ1v) is 11.3. The van der Waals surface area contributed by atoms with Crippen LogP contribution in [0.25, 0.3) is 33.5 Å². The second-order valence-corrected chi connectivity index (χ2v) is 8.41. The maximum Gasteiger partial charge on any atom is 0.282 e. The fourth-order valence-corrected chi connectivity index (χ4v) is 4.17. The Morgan fingerprint density at radius 3 is 2.73 bits per heavy atom. The molecule has 0 atom stereocenters. The highest BCUT2D eigenvalue weighted by molar-refractivity contribution is 14.1. The van der Waals surface area contributed by atoms with Crippen LogP contribution in [0.3, 0.4) is 0 Å². The molecule has 0 aliphatic rings. The topological polar surface area (TPSA) is 69.6 Å². The van der Waals surface area contributed by atoms with Crippen molar-refractivity contribution < 1.29 is 9.15 Å². The predicted octanol–water partition coefficient (Wildman–Crippen LogP) is 5.86. The zero-order valence-corrected chi connectivity index (χ0v) is 19.6. The lowest BCUT2D eigenvalue weighted by molar-refractivity contribution is 0.360. The highest BCUT2D eigenvalue weighted by atomic mass is 127. The van der Waals surface area contributed by atoms with Gasteiger partial charge in [0.15, 0.2) is 5.76 Å². The first-order valence-electron chi connectivity index (χ1n) is 10.2. The summed E-state index contributed by atoms with van der Waals surface area (Å²) in [7, 11) is 0. The number of aromatic nitrogens is 2. The van der Waals surface area contributed by atoms with E-state index in [-0.39, 0.29) is 5.56 Å². The van der Waals surface area contributed by atoms with Gasteiger partial charge in [-0.2, -0.15) is 9.78 Å². The Hall–Kier alpha value is -3.72. The summed E-state index contributed by atoms with van der Waals surface area (Å²) >= 11 is 2.21. The molecule has 0 amide bonds. The molecule has 33 heavy (non-hydrogen) atoms. The molecule has 0 fully saturated rings. The number of benzene rings is 3. The van der Waals surface area contributed by atoms with Crippen molar-refractivity contribution in [1.29, 1.82) is 0 Å². The molecule has 0 radical (unpaired) electrons. The standard InChI is InChI=1S/C26H18IN3O3/c1-2-13-32-23-12-11-17(14-20(23)27)16-28-30-25(24-15-18-7-3-6-10-22(18)33-24)29-21-9-5-4-8-19(21)26(30)31/h2-12,14-16H,1,13H2. The van der Waals surface area contributed by atoms with Crippen molar-refractivity contribution >= 4 is 50.7 Å². The predicted molar refractivity (Wildman–Crippen MR) is 139 cm³/mol. The van der Waals surface area contributed by atoms with Crippen LogP contribution >= 0.6 is 22.6 Å². The van der Waals surface area contributed by atoms with Gasteiger partial charge >= 0.3 is 0 Å². The molecule has 0 spiro atoms. The molecule has 6 nitrogen and oxygen atoms in total. The average Bonchev–Trinajstić information content (AvgIpc) is 3.27. The van der Waals surface area contributed by atoms with Crippen molar-refractivity contribution in [2.24, 2.45) is 5.10 Å². The number of rotatable bonds is 6. The van der Waals surface area contributed by atoms with E-state index in [0.29, 0.717) is 29.1 Å². The number of fused-ring (bicyclic) bond motifs is 2. The number of nitrogens with zero attached hydrogens (tertiary/aromatic N) is 3. The van der Waals surface area contributed by atoms with E-state index < -0.39 is 0 Å². The Morgan fingerprint density at radius 2 is 1.91 bits per heavy atom. The summed E-state index contributed by atoms with van der Waals surface area (Å²) in [5.41, 5.74) is 1.85. The van der Waals surface area contributed by atoms with Crippen molar-refractivity contribution in [2.75, 3.05) is 6.61 Å². The summed E-state index contributed by atoms with van der Waals surface area (Å²) in [4.78, 5) is 18.0. The van der Waals surface area contributed by atoms with Crippen LogP contribution in [0.5, 0.6) is 5.75 Å². The SMILES string of the molecule is C=CCOc1ccc(C=Nn2c(-c3cc4ccccc4o3)nc3ccccc3c2=O)cc1I. The quantitative estimate of drug-likeness (QED) is 0.152. The first kappa shape index (κ1) is 21.1. The van der Waals surface area contributed by atoms with Crippen LogP contribution in [0.15, 0.2) is 99.8 Å². The molecule has 0 unspecified atom stereocenters. The monoisotopic (exact) mass is 547 g/mol. The summed E-state index contributed by atoms with van der Waals surface area (Å²) in [6.45, 7) is 4.10. The van der Waals surface area contributed by atoms with Crippen molar-refractivity contribution in [3.8, 4) is 17.3 Å². The van der Waals surface area contributed by atoms with Crippen molar-refractivity contribution in [1.82, 2.24) is 9.66 Å². The normalized spacial score (nSPS) is 11.4. The molecule has 5 rings (SSSR count). The molecule has 0 saturated carbocycles. The maximum absolute atomic E-state index is 13.3. The molecule has 2 aromatic heterocycles. The highest BCUT2D eigenvalue weighted by Gasteiger charge is 2.16. The molecule has 0 aliphatic carbocycles. The van der Waals surface area contributed by atoms with Crippen molar-refractivity contribution in [3.63, 3.8) is 0 Å². The fraction of sp³-hybridized carbons (Fsp3) is 0.0385. The van der Waals surface area contributed by atoms with Gasteiger partial charge < -0.3 is 9.15 Å². The van der Waals surface area contributed by atoms with Gasteiger partial charge in [0.05, 0.1) is 20.7 Å². The Labute approximate surface area is 203 Å². The molecular weight excluding hydrogens is 529 g/mol. The van der Waals surface area contributed by atoms with E-state index in [1.807, 2.05) is 60.7 Å². The van der Waals surface area contributed by atoms with E-state index in [4.69, 9.17) is 14.1 Å². The minimum atomic E-state index is -0.270. The van der Waals surface area contributed by atoms with Gasteiger partial charge in [0.25, 0.3) is 5.56 Å². The van der Waals surface area contributed by atoms with Crippen LogP contribution in [0.2, 0.25) is 0 Å². The zero-order valence-electron chi connectivity index (χ0n) is 17.4. The zero-order chi connectivity index (χ0) is 22.8. The fourth-order valence-electron chi connectivity index (χ4n) is 3.47. The number of para-hydroxylation sites is 2. The van der Waals surface area contributed by atoms with Crippen LogP contribution in [0, 0.1) is 3.57 Å². The molecule has 2 heterocycles. The Balaban J connectivity index is 1.63. The van der Waals surface area contributed by atoms with Gasteiger partial charge in [0.2, 0.25) is 5.82 Å². The Morgan fingerprint density at radius 1 is 1.09 bits per heavy atom. The van der Waals surface area contributed by atoms with Gasteiger partial charge in [-0.1, -0.05) is 43.0 Å². The molecule has 7 heteroatoms. The lowest BCUT2D eigenvalue weighted by atomic mass is 10.2. The largest absolute Gasteiger partial charge is 0.488 e. The highest BCUT2D eigenvalue weighted by Crippen LogP contribution is 2.27. The average molecular weight is 547 g/mol. The second kappa shape index (κ2) is 9.03. The van der Waals surface area contributed by atoms with E-state index in [9.17, 15) is 4.79 Å². The molecule has 0 aliphatic heterocycles. The van der Waals surface area contributed by atoms with Gasteiger partial charge in [0.1, 0.15) is 17.9 Å². The number of furan rings is 1. The maximum atomic E-state index is 13.3. The number of hydrogen-bond donors (Lipinski definition) is 0. The van der Waals surface area contributed by atoms with Crippen LogP contribution in [0.4, 0.5) is 0 Å².